The van der Waals surface area contributed by atoms with Crippen LogP contribution in [-0.2, 0) is 17.8 Å². The molecule has 7 heteroatoms. The largest absolute Gasteiger partial charge is 0.443 e. The Hall–Kier alpha value is -3.06. The lowest BCUT2D eigenvalue weighted by Gasteiger charge is -2.35. The Morgan fingerprint density at radius 2 is 1.94 bits per heavy atom. The third kappa shape index (κ3) is 5.59. The highest BCUT2D eigenvalue weighted by Gasteiger charge is 2.31. The van der Waals surface area contributed by atoms with Gasteiger partial charge in [0, 0.05) is 19.5 Å². The Morgan fingerprint density at radius 3 is 2.72 bits per heavy atom. The second-order valence-electron chi connectivity index (χ2n) is 8.37. The molecule has 2 aromatic carbocycles. The molecule has 1 amide bonds. The van der Waals surface area contributed by atoms with Crippen molar-refractivity contribution in [2.75, 3.05) is 20.1 Å². The maximum absolute atomic E-state index is 13.5. The molecule has 168 valence electrons. The number of carbonyl (C=O) groups is 1. The Kier molecular flexibility index (Phi) is 6.95. The third-order valence-corrected chi connectivity index (χ3v) is 5.72. The maximum atomic E-state index is 13.5. The zero-order chi connectivity index (χ0) is 22.5. The molecular weight excluding hydrogens is 412 g/mol. The predicted molar refractivity (Wildman–Crippen MR) is 117 cm³/mol. The molecule has 1 aromatic heterocycles. The number of amides is 1. The molecule has 2 heterocycles. The van der Waals surface area contributed by atoms with Crippen molar-refractivity contribution in [1.29, 1.82) is 0 Å². The monoisotopic (exact) mass is 439 g/mol. The molecule has 0 radical (unpaired) electrons. The van der Waals surface area contributed by atoms with Crippen LogP contribution in [-0.4, -0.2) is 40.8 Å². The number of aromatic nitrogens is 1. The van der Waals surface area contributed by atoms with E-state index < -0.39 is 0 Å². The van der Waals surface area contributed by atoms with E-state index in [1.807, 2.05) is 22.9 Å². The Bertz CT molecular complexity index is 1050. The van der Waals surface area contributed by atoms with Crippen LogP contribution >= 0.6 is 0 Å². The lowest BCUT2D eigenvalue weighted by Crippen LogP contribution is -2.43. The van der Waals surface area contributed by atoms with Gasteiger partial charge in [-0.15, -0.1) is 0 Å². The highest BCUT2D eigenvalue weighted by Crippen LogP contribution is 2.31. The van der Waals surface area contributed by atoms with Gasteiger partial charge in [-0.1, -0.05) is 24.3 Å². The first-order chi connectivity index (χ1) is 15.5. The summed E-state index contributed by atoms with van der Waals surface area (Å²) in [6, 6.07) is 12.5. The molecule has 1 atom stereocenters. The summed E-state index contributed by atoms with van der Waals surface area (Å²) < 4.78 is 32.6. The van der Waals surface area contributed by atoms with Crippen LogP contribution in [0.2, 0.25) is 0 Å². The second kappa shape index (κ2) is 10.0. The molecule has 0 aliphatic carbocycles. The first-order valence-electron chi connectivity index (χ1n) is 10.9. The number of carbonyl (C=O) groups excluding carboxylic acids is 1. The Balaban J connectivity index is 1.40. The first-order valence-corrected chi connectivity index (χ1v) is 10.9. The van der Waals surface area contributed by atoms with Gasteiger partial charge in [0.05, 0.1) is 12.7 Å². The van der Waals surface area contributed by atoms with Crippen molar-refractivity contribution in [3.8, 4) is 0 Å². The summed E-state index contributed by atoms with van der Waals surface area (Å²) in [5.41, 5.74) is 1.76. The average molecular weight is 440 g/mol. The number of rotatable bonds is 7. The summed E-state index contributed by atoms with van der Waals surface area (Å²) in [6.07, 6.45) is 4.86. The molecular formula is C25H27F2N3O2. The van der Waals surface area contributed by atoms with Gasteiger partial charge in [0.25, 0.3) is 0 Å². The quantitative estimate of drug-likeness (QED) is 0.534. The fourth-order valence-corrected chi connectivity index (χ4v) is 4.17. The number of nitrogens with zero attached hydrogens (tertiary/aromatic N) is 3. The number of oxazole rings is 1. The number of piperidine rings is 1. The lowest BCUT2D eigenvalue weighted by atomic mass is 10.0. The van der Waals surface area contributed by atoms with Crippen molar-refractivity contribution >= 4 is 5.91 Å². The molecule has 32 heavy (non-hydrogen) atoms. The molecule has 0 unspecified atom stereocenters. The summed E-state index contributed by atoms with van der Waals surface area (Å²) in [7, 11) is 1.88. The Labute approximate surface area is 186 Å². The molecule has 4 rings (SSSR count). The number of hydrogen-bond acceptors (Lipinski definition) is 4. The molecule has 1 saturated heterocycles. The van der Waals surface area contributed by atoms with E-state index in [4.69, 9.17) is 4.42 Å². The van der Waals surface area contributed by atoms with Crippen molar-refractivity contribution in [2.24, 2.45) is 0 Å². The zero-order valence-corrected chi connectivity index (χ0v) is 18.1. The van der Waals surface area contributed by atoms with Gasteiger partial charge < -0.3 is 9.32 Å². The average Bonchev–Trinajstić information content (AvgIpc) is 3.23. The summed E-state index contributed by atoms with van der Waals surface area (Å²) in [4.78, 5) is 21.3. The highest BCUT2D eigenvalue weighted by molar-refractivity contribution is 5.78. The van der Waals surface area contributed by atoms with Crippen molar-refractivity contribution < 1.29 is 18.0 Å². The molecule has 0 saturated carbocycles. The van der Waals surface area contributed by atoms with Crippen LogP contribution in [0.3, 0.4) is 0 Å². The summed E-state index contributed by atoms with van der Waals surface area (Å²) in [5.74, 6) is 0.647. The maximum Gasteiger partial charge on any atom is 0.237 e. The van der Waals surface area contributed by atoms with Gasteiger partial charge in [-0.25, -0.2) is 13.8 Å². The minimum absolute atomic E-state index is 0.0178. The van der Waals surface area contributed by atoms with E-state index in [0.717, 1.165) is 30.4 Å². The number of benzene rings is 2. The summed E-state index contributed by atoms with van der Waals surface area (Å²) in [6.45, 7) is 1.47. The van der Waals surface area contributed by atoms with Gasteiger partial charge in [-0.2, -0.15) is 0 Å². The van der Waals surface area contributed by atoms with Gasteiger partial charge in [0.15, 0.2) is 0 Å². The van der Waals surface area contributed by atoms with Gasteiger partial charge >= 0.3 is 0 Å². The third-order valence-electron chi connectivity index (χ3n) is 5.72. The van der Waals surface area contributed by atoms with E-state index >= 15 is 0 Å². The van der Waals surface area contributed by atoms with Crippen LogP contribution < -0.4 is 0 Å². The van der Waals surface area contributed by atoms with Gasteiger partial charge in [0.1, 0.15) is 23.4 Å². The highest BCUT2D eigenvalue weighted by atomic mass is 19.1. The van der Waals surface area contributed by atoms with E-state index in [1.54, 1.807) is 24.4 Å². The molecule has 5 nitrogen and oxygen atoms in total. The van der Waals surface area contributed by atoms with E-state index in [0.29, 0.717) is 31.2 Å². The molecule has 1 aliphatic heterocycles. The number of likely N-dealkylation sites (N-methyl/N-ethyl adjacent to an activating group) is 1. The Morgan fingerprint density at radius 1 is 1.12 bits per heavy atom. The number of likely N-dealkylation sites (tertiary alicyclic amines) is 1. The van der Waals surface area contributed by atoms with Crippen molar-refractivity contribution in [1.82, 2.24) is 14.8 Å². The fourth-order valence-electron chi connectivity index (χ4n) is 4.17. The smallest absolute Gasteiger partial charge is 0.237 e. The number of halogens is 2. The van der Waals surface area contributed by atoms with E-state index in [1.165, 1.54) is 24.3 Å². The van der Waals surface area contributed by atoms with E-state index in [-0.39, 0.29) is 30.1 Å². The molecule has 0 N–H and O–H groups in total. The summed E-state index contributed by atoms with van der Waals surface area (Å²) >= 11 is 0. The van der Waals surface area contributed by atoms with Gasteiger partial charge in [-0.05, 0) is 61.7 Å². The van der Waals surface area contributed by atoms with Crippen LogP contribution in [0, 0.1) is 11.6 Å². The van der Waals surface area contributed by atoms with Crippen LogP contribution in [0.15, 0.2) is 59.1 Å². The molecule has 0 spiro atoms. The minimum atomic E-state index is -0.281. The molecule has 3 aromatic rings. The minimum Gasteiger partial charge on any atom is -0.443 e. The topological polar surface area (TPSA) is 49.6 Å². The predicted octanol–water partition coefficient (Wildman–Crippen LogP) is 4.73. The van der Waals surface area contributed by atoms with E-state index in [9.17, 15) is 13.6 Å². The van der Waals surface area contributed by atoms with Crippen LogP contribution in [0.25, 0.3) is 0 Å². The van der Waals surface area contributed by atoms with Crippen LogP contribution in [0.1, 0.15) is 48.1 Å². The van der Waals surface area contributed by atoms with Crippen LogP contribution in [0.4, 0.5) is 8.78 Å². The van der Waals surface area contributed by atoms with Gasteiger partial charge in [0.2, 0.25) is 11.8 Å². The summed E-state index contributed by atoms with van der Waals surface area (Å²) in [5, 5.41) is 0. The normalized spacial score (nSPS) is 16.5. The first kappa shape index (κ1) is 22.1. The SMILES string of the molecule is CN(CC(=O)N1CCCC[C@@H]1c1ncc(Cc2cccc(F)c2)o1)Cc1ccc(F)cc1. The second-order valence-corrected chi connectivity index (χ2v) is 8.37. The van der Waals surface area contributed by atoms with E-state index in [2.05, 4.69) is 4.98 Å². The molecule has 1 aliphatic rings. The van der Waals surface area contributed by atoms with Crippen molar-refractivity contribution in [3.63, 3.8) is 0 Å². The van der Waals surface area contributed by atoms with Crippen molar-refractivity contribution in [2.45, 2.75) is 38.3 Å². The molecule has 1 fully saturated rings. The standard InChI is InChI=1S/C25H27F2N3O2/c1-29(16-18-8-10-20(26)11-9-18)17-24(31)30-12-3-2-7-23(30)25-28-15-22(32-25)14-19-5-4-6-21(27)13-19/h4-6,8-11,13,15,23H,2-3,7,12,14,16-17H2,1H3/t23-/m1/s1. The lowest BCUT2D eigenvalue weighted by molar-refractivity contribution is -0.136. The number of hydrogen-bond donors (Lipinski definition) is 0. The fraction of sp³-hybridized carbons (Fsp3) is 0.360. The van der Waals surface area contributed by atoms with Crippen LogP contribution in [0.5, 0.6) is 0 Å². The van der Waals surface area contributed by atoms with Crippen molar-refractivity contribution in [3.05, 3.63) is 89.1 Å². The zero-order valence-electron chi connectivity index (χ0n) is 18.1. The molecule has 0 bridgehead atoms. The van der Waals surface area contributed by atoms with Gasteiger partial charge in [-0.3, -0.25) is 9.69 Å².